The van der Waals surface area contributed by atoms with Gasteiger partial charge in [0.2, 0.25) is 0 Å². The maximum absolute atomic E-state index is 12.6. The van der Waals surface area contributed by atoms with Gasteiger partial charge in [0.15, 0.2) is 0 Å². The fraction of sp³-hybridized carbons (Fsp3) is 0.421. The molecule has 3 nitrogen and oxygen atoms in total. The highest BCUT2D eigenvalue weighted by Gasteiger charge is 2.36. The average Bonchev–Trinajstić information content (AvgIpc) is 2.79. The monoisotopic (exact) mass is 297 g/mol. The van der Waals surface area contributed by atoms with Crippen LogP contribution in [0.3, 0.4) is 0 Å². The zero-order chi connectivity index (χ0) is 15.9. The lowest BCUT2D eigenvalue weighted by Crippen LogP contribution is -2.36. The van der Waals surface area contributed by atoms with Crippen LogP contribution < -0.4 is 5.32 Å². The van der Waals surface area contributed by atoms with E-state index in [2.05, 4.69) is 19.2 Å². The summed E-state index contributed by atoms with van der Waals surface area (Å²) in [5.41, 5.74) is 4.16. The Morgan fingerprint density at radius 1 is 1.23 bits per heavy atom. The second kappa shape index (κ2) is 5.31. The molecule has 1 atom stereocenters. The van der Waals surface area contributed by atoms with E-state index in [0.717, 1.165) is 35.3 Å². The zero-order valence-electron chi connectivity index (χ0n) is 13.7. The number of amides is 1. The Morgan fingerprint density at radius 3 is 2.68 bits per heavy atom. The highest BCUT2D eigenvalue weighted by molar-refractivity contribution is 5.95. The van der Waals surface area contributed by atoms with Crippen molar-refractivity contribution < 1.29 is 9.21 Å². The van der Waals surface area contributed by atoms with Gasteiger partial charge in [-0.05, 0) is 42.9 Å². The fourth-order valence-corrected chi connectivity index (χ4v) is 3.46. The van der Waals surface area contributed by atoms with Crippen LogP contribution >= 0.6 is 0 Å². The lowest BCUT2D eigenvalue weighted by molar-refractivity contribution is 0.0916. The van der Waals surface area contributed by atoms with Gasteiger partial charge in [-0.3, -0.25) is 4.79 Å². The highest BCUT2D eigenvalue weighted by Crippen LogP contribution is 2.42. The Hall–Kier alpha value is -2.03. The number of aryl methyl sites for hydroxylation is 2. The molecule has 1 heterocycles. The van der Waals surface area contributed by atoms with Crippen LogP contribution in [-0.2, 0) is 6.42 Å². The van der Waals surface area contributed by atoms with Crippen LogP contribution in [0, 0.1) is 19.3 Å². The molecule has 1 amide bonds. The SMILES string of the molecule is Cc1ccccc1C(=O)NC1CC(C)(C)Cc2occ(C)c21. The topological polar surface area (TPSA) is 42.2 Å². The van der Waals surface area contributed by atoms with Crippen molar-refractivity contribution in [2.75, 3.05) is 0 Å². The summed E-state index contributed by atoms with van der Waals surface area (Å²) in [5, 5.41) is 3.22. The summed E-state index contributed by atoms with van der Waals surface area (Å²) in [6, 6.07) is 7.72. The predicted molar refractivity (Wildman–Crippen MR) is 86.9 cm³/mol. The number of rotatable bonds is 2. The first-order chi connectivity index (χ1) is 10.4. The van der Waals surface area contributed by atoms with Gasteiger partial charge in [-0.25, -0.2) is 0 Å². The summed E-state index contributed by atoms with van der Waals surface area (Å²) in [5.74, 6) is 1.01. The molecule has 2 aromatic rings. The van der Waals surface area contributed by atoms with Crippen LogP contribution in [0.5, 0.6) is 0 Å². The van der Waals surface area contributed by atoms with Gasteiger partial charge in [0.05, 0.1) is 12.3 Å². The Bertz CT molecular complexity index is 712. The number of hydrogen-bond donors (Lipinski definition) is 1. The van der Waals surface area contributed by atoms with Gasteiger partial charge in [0.1, 0.15) is 5.76 Å². The van der Waals surface area contributed by atoms with Crippen LogP contribution in [-0.4, -0.2) is 5.91 Å². The maximum atomic E-state index is 12.6. The Balaban J connectivity index is 1.90. The van der Waals surface area contributed by atoms with Crippen molar-refractivity contribution in [2.45, 2.75) is 46.6 Å². The molecule has 1 N–H and O–H groups in total. The van der Waals surface area contributed by atoms with E-state index in [1.165, 1.54) is 5.56 Å². The van der Waals surface area contributed by atoms with E-state index >= 15 is 0 Å². The average molecular weight is 297 g/mol. The van der Waals surface area contributed by atoms with Crippen molar-refractivity contribution in [3.05, 3.63) is 58.5 Å². The van der Waals surface area contributed by atoms with Gasteiger partial charge in [0.25, 0.3) is 5.91 Å². The number of nitrogens with one attached hydrogen (secondary N) is 1. The lowest BCUT2D eigenvalue weighted by Gasteiger charge is -2.35. The second-order valence-electron chi connectivity index (χ2n) is 7.14. The minimum absolute atomic E-state index is 0.00708. The van der Waals surface area contributed by atoms with E-state index in [1.54, 1.807) is 6.26 Å². The number of fused-ring (bicyclic) bond motifs is 1. The molecule has 0 bridgehead atoms. The summed E-state index contributed by atoms with van der Waals surface area (Å²) in [6.45, 7) is 8.46. The minimum atomic E-state index is -0.00708. The van der Waals surface area contributed by atoms with Crippen LogP contribution in [0.4, 0.5) is 0 Å². The van der Waals surface area contributed by atoms with E-state index in [0.29, 0.717) is 0 Å². The molecule has 0 saturated heterocycles. The van der Waals surface area contributed by atoms with Crippen molar-refractivity contribution in [2.24, 2.45) is 5.41 Å². The molecular formula is C19H23NO2. The molecule has 0 radical (unpaired) electrons. The normalized spacial score (nSPS) is 19.5. The summed E-state index contributed by atoms with van der Waals surface area (Å²) < 4.78 is 5.71. The van der Waals surface area contributed by atoms with Gasteiger partial charge < -0.3 is 9.73 Å². The summed E-state index contributed by atoms with van der Waals surface area (Å²) in [7, 11) is 0. The molecule has 1 unspecified atom stereocenters. The van der Waals surface area contributed by atoms with E-state index in [4.69, 9.17) is 4.42 Å². The molecule has 1 aromatic carbocycles. The van der Waals surface area contributed by atoms with Gasteiger partial charge in [-0.1, -0.05) is 32.0 Å². The summed E-state index contributed by atoms with van der Waals surface area (Å²) in [4.78, 5) is 12.6. The number of carbonyl (C=O) groups is 1. The molecule has 0 spiro atoms. The first-order valence-electron chi connectivity index (χ1n) is 7.81. The van der Waals surface area contributed by atoms with Crippen LogP contribution in [0.1, 0.15) is 59.1 Å². The van der Waals surface area contributed by atoms with E-state index < -0.39 is 0 Å². The van der Waals surface area contributed by atoms with Crippen molar-refractivity contribution in [1.29, 1.82) is 0 Å². The Labute approximate surface area is 131 Å². The molecule has 1 aliphatic rings. The minimum Gasteiger partial charge on any atom is -0.469 e. The Morgan fingerprint density at radius 2 is 1.95 bits per heavy atom. The smallest absolute Gasteiger partial charge is 0.252 e. The number of benzene rings is 1. The molecule has 0 saturated carbocycles. The van der Waals surface area contributed by atoms with Gasteiger partial charge >= 0.3 is 0 Å². The molecular weight excluding hydrogens is 274 g/mol. The van der Waals surface area contributed by atoms with E-state index in [1.807, 2.05) is 38.1 Å². The molecule has 0 aliphatic heterocycles. The third-order valence-electron chi connectivity index (χ3n) is 4.54. The van der Waals surface area contributed by atoms with E-state index in [9.17, 15) is 4.79 Å². The van der Waals surface area contributed by atoms with Crippen molar-refractivity contribution >= 4 is 5.91 Å². The first-order valence-corrected chi connectivity index (χ1v) is 7.81. The van der Waals surface area contributed by atoms with Crippen LogP contribution in [0.2, 0.25) is 0 Å². The third-order valence-corrected chi connectivity index (χ3v) is 4.54. The fourth-order valence-electron chi connectivity index (χ4n) is 3.46. The number of furan rings is 1. The van der Waals surface area contributed by atoms with Crippen LogP contribution in [0.15, 0.2) is 34.9 Å². The molecule has 0 fully saturated rings. The third kappa shape index (κ3) is 2.68. The molecule has 1 aromatic heterocycles. The maximum Gasteiger partial charge on any atom is 0.252 e. The van der Waals surface area contributed by atoms with Gasteiger partial charge in [-0.15, -0.1) is 0 Å². The Kier molecular flexibility index (Phi) is 3.59. The molecule has 3 rings (SSSR count). The quantitative estimate of drug-likeness (QED) is 0.896. The largest absolute Gasteiger partial charge is 0.469 e. The molecule has 116 valence electrons. The first kappa shape index (κ1) is 14.9. The summed E-state index contributed by atoms with van der Waals surface area (Å²) in [6.07, 6.45) is 3.66. The van der Waals surface area contributed by atoms with E-state index in [-0.39, 0.29) is 17.4 Å². The van der Waals surface area contributed by atoms with Crippen molar-refractivity contribution in [3.63, 3.8) is 0 Å². The van der Waals surface area contributed by atoms with Crippen LogP contribution in [0.25, 0.3) is 0 Å². The number of hydrogen-bond acceptors (Lipinski definition) is 2. The molecule has 22 heavy (non-hydrogen) atoms. The summed E-state index contributed by atoms with van der Waals surface area (Å²) >= 11 is 0. The standard InChI is InChI=1S/C19H23NO2/c1-12-7-5-6-8-14(12)18(21)20-15-9-19(3,4)10-16-17(15)13(2)11-22-16/h5-8,11,15H,9-10H2,1-4H3,(H,20,21). The van der Waals surface area contributed by atoms with Crippen molar-refractivity contribution in [3.8, 4) is 0 Å². The highest BCUT2D eigenvalue weighted by atomic mass is 16.3. The predicted octanol–water partition coefficient (Wildman–Crippen LogP) is 4.34. The molecule has 3 heteroatoms. The lowest BCUT2D eigenvalue weighted by atomic mass is 9.74. The van der Waals surface area contributed by atoms with Gasteiger partial charge in [-0.2, -0.15) is 0 Å². The number of carbonyl (C=O) groups excluding carboxylic acids is 1. The molecule has 1 aliphatic carbocycles. The second-order valence-corrected chi connectivity index (χ2v) is 7.14. The van der Waals surface area contributed by atoms with Gasteiger partial charge in [0, 0.05) is 17.5 Å². The zero-order valence-corrected chi connectivity index (χ0v) is 13.7. The van der Waals surface area contributed by atoms with Crippen molar-refractivity contribution in [1.82, 2.24) is 5.32 Å².